The Labute approximate surface area is 124 Å². The van der Waals surface area contributed by atoms with Crippen LogP contribution in [0.5, 0.6) is 0 Å². The van der Waals surface area contributed by atoms with E-state index in [9.17, 15) is 4.79 Å². The van der Waals surface area contributed by atoms with Crippen molar-refractivity contribution >= 4 is 17.7 Å². The second kappa shape index (κ2) is 7.75. The topological polar surface area (TPSA) is 29.1 Å². The zero-order chi connectivity index (χ0) is 14.2. The second-order valence-corrected chi connectivity index (χ2v) is 5.49. The van der Waals surface area contributed by atoms with E-state index in [4.69, 9.17) is 0 Å². The van der Waals surface area contributed by atoms with E-state index < -0.39 is 0 Å². The van der Waals surface area contributed by atoms with Gasteiger partial charge in [0.1, 0.15) is 0 Å². The van der Waals surface area contributed by atoms with Crippen LogP contribution in [0.4, 0.5) is 0 Å². The molecule has 0 aromatic heterocycles. The van der Waals surface area contributed by atoms with Crippen molar-refractivity contribution in [2.24, 2.45) is 0 Å². The van der Waals surface area contributed by atoms with Gasteiger partial charge in [-0.2, -0.15) is 0 Å². The van der Waals surface area contributed by atoms with Gasteiger partial charge >= 0.3 is 0 Å². The quantitative estimate of drug-likeness (QED) is 0.821. The third kappa shape index (κ3) is 4.74. The molecule has 0 radical (unpaired) electrons. The summed E-state index contributed by atoms with van der Waals surface area (Å²) in [4.78, 5) is 13.0. The molecule has 20 heavy (non-hydrogen) atoms. The molecule has 0 spiro atoms. The van der Waals surface area contributed by atoms with Gasteiger partial charge in [-0.25, -0.2) is 0 Å². The summed E-state index contributed by atoms with van der Waals surface area (Å²) in [7, 11) is 0. The third-order valence-corrected chi connectivity index (χ3v) is 3.88. The van der Waals surface area contributed by atoms with Gasteiger partial charge in [-0.15, -0.1) is 11.8 Å². The van der Waals surface area contributed by atoms with Crippen LogP contribution in [-0.4, -0.2) is 12.2 Å². The summed E-state index contributed by atoms with van der Waals surface area (Å²) in [5.74, 6) is 0.0998. The van der Waals surface area contributed by atoms with Gasteiger partial charge in [0.05, 0.1) is 0 Å². The third-order valence-electron chi connectivity index (χ3n) is 3.13. The van der Waals surface area contributed by atoms with Crippen molar-refractivity contribution in [2.45, 2.75) is 24.3 Å². The fourth-order valence-corrected chi connectivity index (χ4v) is 2.34. The molecule has 0 aliphatic carbocycles. The molecule has 0 aliphatic rings. The maximum atomic E-state index is 11.8. The molecule has 0 saturated heterocycles. The smallest absolute Gasteiger partial charge is 0.220 e. The van der Waals surface area contributed by atoms with E-state index in [0.29, 0.717) is 13.0 Å². The van der Waals surface area contributed by atoms with Crippen LogP contribution in [0, 0.1) is 0 Å². The van der Waals surface area contributed by atoms with Crippen molar-refractivity contribution in [1.82, 2.24) is 5.32 Å². The zero-order valence-corrected chi connectivity index (χ0v) is 12.5. The van der Waals surface area contributed by atoms with Gasteiger partial charge in [-0.05, 0) is 35.9 Å². The number of benzene rings is 2. The van der Waals surface area contributed by atoms with Gasteiger partial charge in [0.25, 0.3) is 0 Å². The maximum Gasteiger partial charge on any atom is 0.220 e. The van der Waals surface area contributed by atoms with E-state index in [1.807, 2.05) is 18.2 Å². The first-order chi connectivity index (χ1) is 9.78. The highest BCUT2D eigenvalue weighted by Crippen LogP contribution is 2.14. The second-order valence-electron chi connectivity index (χ2n) is 4.61. The van der Waals surface area contributed by atoms with Gasteiger partial charge in [0.2, 0.25) is 5.91 Å². The number of hydrogen-bond donors (Lipinski definition) is 1. The molecule has 1 amide bonds. The van der Waals surface area contributed by atoms with E-state index >= 15 is 0 Å². The maximum absolute atomic E-state index is 11.8. The molecule has 3 heteroatoms. The standard InChI is InChI=1S/C17H19NOS/c1-20-16-10-7-15(8-11-16)13-18-17(19)12-9-14-5-3-2-4-6-14/h2-8,10-11H,9,12-13H2,1H3,(H,18,19). The first-order valence-corrected chi connectivity index (χ1v) is 7.94. The van der Waals surface area contributed by atoms with Gasteiger partial charge < -0.3 is 5.32 Å². The molecule has 0 bridgehead atoms. The van der Waals surface area contributed by atoms with Crippen molar-refractivity contribution in [1.29, 1.82) is 0 Å². The summed E-state index contributed by atoms with van der Waals surface area (Å²) < 4.78 is 0. The Morgan fingerprint density at radius 3 is 2.35 bits per heavy atom. The Morgan fingerprint density at radius 1 is 1.00 bits per heavy atom. The van der Waals surface area contributed by atoms with Crippen LogP contribution < -0.4 is 5.32 Å². The number of nitrogens with one attached hydrogen (secondary N) is 1. The number of carbonyl (C=O) groups is 1. The Kier molecular flexibility index (Phi) is 5.69. The summed E-state index contributed by atoms with van der Waals surface area (Å²) >= 11 is 1.72. The minimum absolute atomic E-state index is 0.0998. The number of rotatable bonds is 6. The van der Waals surface area contributed by atoms with Crippen molar-refractivity contribution in [3.8, 4) is 0 Å². The normalized spacial score (nSPS) is 10.2. The minimum atomic E-state index is 0.0998. The lowest BCUT2D eigenvalue weighted by Crippen LogP contribution is -2.22. The molecule has 1 N–H and O–H groups in total. The van der Waals surface area contributed by atoms with Crippen LogP contribution in [0.1, 0.15) is 17.5 Å². The minimum Gasteiger partial charge on any atom is -0.352 e. The number of aryl methyl sites for hydroxylation is 1. The van der Waals surface area contributed by atoms with Crippen LogP contribution in [0.15, 0.2) is 59.5 Å². The van der Waals surface area contributed by atoms with E-state index in [0.717, 1.165) is 12.0 Å². The highest BCUT2D eigenvalue weighted by molar-refractivity contribution is 7.98. The lowest BCUT2D eigenvalue weighted by atomic mass is 10.1. The van der Waals surface area contributed by atoms with Crippen LogP contribution >= 0.6 is 11.8 Å². The molecule has 2 aromatic rings. The van der Waals surface area contributed by atoms with E-state index in [-0.39, 0.29) is 5.91 Å². The Bertz CT molecular complexity index is 537. The summed E-state index contributed by atoms with van der Waals surface area (Å²) in [6.45, 7) is 0.599. The number of hydrogen-bond acceptors (Lipinski definition) is 2. The Morgan fingerprint density at radius 2 is 1.70 bits per heavy atom. The molecule has 2 aromatic carbocycles. The fourth-order valence-electron chi connectivity index (χ4n) is 1.93. The molecule has 0 saturated carbocycles. The van der Waals surface area contributed by atoms with Crippen molar-refractivity contribution in [3.05, 3.63) is 65.7 Å². The molecule has 0 fully saturated rings. The Hall–Kier alpha value is -1.74. The molecular weight excluding hydrogens is 266 g/mol. The van der Waals surface area contributed by atoms with E-state index in [2.05, 4.69) is 48.0 Å². The van der Waals surface area contributed by atoms with Gasteiger partial charge in [-0.1, -0.05) is 42.5 Å². The Balaban J connectivity index is 1.74. The van der Waals surface area contributed by atoms with Gasteiger partial charge in [-0.3, -0.25) is 4.79 Å². The fraction of sp³-hybridized carbons (Fsp3) is 0.235. The van der Waals surface area contributed by atoms with E-state index in [1.165, 1.54) is 10.5 Å². The molecule has 0 aliphatic heterocycles. The summed E-state index contributed by atoms with van der Waals surface area (Å²) in [6, 6.07) is 18.4. The SMILES string of the molecule is CSc1ccc(CNC(=O)CCc2ccccc2)cc1. The lowest BCUT2D eigenvalue weighted by molar-refractivity contribution is -0.121. The number of carbonyl (C=O) groups excluding carboxylic acids is 1. The van der Waals surface area contributed by atoms with Crippen molar-refractivity contribution < 1.29 is 4.79 Å². The zero-order valence-electron chi connectivity index (χ0n) is 11.6. The first kappa shape index (κ1) is 14.7. The van der Waals surface area contributed by atoms with Crippen molar-refractivity contribution in [3.63, 3.8) is 0 Å². The van der Waals surface area contributed by atoms with Gasteiger partial charge in [0, 0.05) is 17.9 Å². The average molecular weight is 285 g/mol. The molecular formula is C17H19NOS. The monoisotopic (exact) mass is 285 g/mol. The summed E-state index contributed by atoms with van der Waals surface area (Å²) in [5.41, 5.74) is 2.34. The van der Waals surface area contributed by atoms with Crippen molar-refractivity contribution in [2.75, 3.05) is 6.26 Å². The number of amides is 1. The summed E-state index contributed by atoms with van der Waals surface area (Å²) in [5, 5.41) is 2.96. The number of thioether (sulfide) groups is 1. The first-order valence-electron chi connectivity index (χ1n) is 6.71. The molecule has 2 rings (SSSR count). The molecule has 0 unspecified atom stereocenters. The van der Waals surface area contributed by atoms with Gasteiger partial charge in [0.15, 0.2) is 0 Å². The molecule has 2 nitrogen and oxygen atoms in total. The predicted octanol–water partition coefficient (Wildman–Crippen LogP) is 3.66. The molecule has 104 valence electrons. The predicted molar refractivity (Wildman–Crippen MR) is 84.8 cm³/mol. The highest BCUT2D eigenvalue weighted by atomic mass is 32.2. The molecule has 0 heterocycles. The summed E-state index contributed by atoms with van der Waals surface area (Å²) in [6.07, 6.45) is 3.38. The lowest BCUT2D eigenvalue weighted by Gasteiger charge is -2.06. The van der Waals surface area contributed by atoms with Crippen LogP contribution in [0.2, 0.25) is 0 Å². The van der Waals surface area contributed by atoms with Crippen LogP contribution in [0.25, 0.3) is 0 Å². The van der Waals surface area contributed by atoms with Crippen LogP contribution in [0.3, 0.4) is 0 Å². The largest absolute Gasteiger partial charge is 0.352 e. The van der Waals surface area contributed by atoms with E-state index in [1.54, 1.807) is 11.8 Å². The average Bonchev–Trinajstić information content (AvgIpc) is 2.52. The highest BCUT2D eigenvalue weighted by Gasteiger charge is 2.02. The van der Waals surface area contributed by atoms with Crippen LogP contribution in [-0.2, 0) is 17.8 Å². The molecule has 0 atom stereocenters.